The lowest BCUT2D eigenvalue weighted by Crippen LogP contribution is -2.13. The number of para-hydroxylation sites is 1. The summed E-state index contributed by atoms with van der Waals surface area (Å²) in [6.07, 6.45) is 1.15. The van der Waals surface area contributed by atoms with Crippen LogP contribution in [-0.4, -0.2) is 10.8 Å². The van der Waals surface area contributed by atoms with Crippen molar-refractivity contribution in [3.05, 3.63) is 68.7 Å². The van der Waals surface area contributed by atoms with Crippen LogP contribution < -0.4 is 10.4 Å². The summed E-state index contributed by atoms with van der Waals surface area (Å²) in [6, 6.07) is 11.5. The molecule has 0 spiro atoms. The second-order valence-electron chi connectivity index (χ2n) is 4.59. The van der Waals surface area contributed by atoms with Gasteiger partial charge in [-0.1, -0.05) is 35.9 Å². The molecule has 1 N–H and O–H groups in total. The average Bonchev–Trinajstić information content (AvgIpc) is 2.55. The second-order valence-corrected chi connectivity index (χ2v) is 5.00. The topological polar surface area (TPSA) is 119 Å². The number of carbonyl (C=O) groups excluding carboxylic acids is 1. The van der Waals surface area contributed by atoms with Crippen molar-refractivity contribution >= 4 is 35.0 Å². The van der Waals surface area contributed by atoms with Crippen LogP contribution in [0.4, 0.5) is 11.4 Å². The Hall–Kier alpha value is -3.37. The number of nitrogens with one attached hydrogen (secondary N) is 1. The third-order valence-electron chi connectivity index (χ3n) is 2.98. The molecule has 7 nitrogen and oxygen atoms in total. The Bertz CT molecular complexity index is 887. The van der Waals surface area contributed by atoms with Gasteiger partial charge in [-0.25, -0.2) is 0 Å². The normalized spacial score (nSPS) is 10.8. The van der Waals surface area contributed by atoms with E-state index in [4.69, 9.17) is 16.9 Å². The summed E-state index contributed by atoms with van der Waals surface area (Å²) in [5, 5.41) is 34.0. The fourth-order valence-corrected chi connectivity index (χ4v) is 2.02. The number of carbonyl (C=O) groups is 1. The first-order valence-electron chi connectivity index (χ1n) is 6.55. The van der Waals surface area contributed by atoms with E-state index in [9.17, 15) is 20.0 Å². The highest BCUT2D eigenvalue weighted by atomic mass is 35.5. The van der Waals surface area contributed by atoms with Gasteiger partial charge in [-0.15, -0.1) is 0 Å². The van der Waals surface area contributed by atoms with Crippen LogP contribution in [0.2, 0.25) is 5.02 Å². The summed E-state index contributed by atoms with van der Waals surface area (Å²) < 4.78 is 0. The molecule has 0 heterocycles. The van der Waals surface area contributed by atoms with Crippen LogP contribution in [0.1, 0.15) is 5.56 Å². The minimum atomic E-state index is -0.824. The van der Waals surface area contributed by atoms with Crippen molar-refractivity contribution in [2.75, 3.05) is 5.32 Å². The van der Waals surface area contributed by atoms with Crippen LogP contribution in [0.15, 0.2) is 48.0 Å². The first-order chi connectivity index (χ1) is 11.4. The predicted octanol–water partition coefficient (Wildman–Crippen LogP) is 2.87. The van der Waals surface area contributed by atoms with Gasteiger partial charge in [-0.05, 0) is 29.5 Å². The third-order valence-corrected chi connectivity index (χ3v) is 3.31. The van der Waals surface area contributed by atoms with E-state index in [0.717, 1.165) is 18.2 Å². The van der Waals surface area contributed by atoms with E-state index in [1.807, 2.05) is 0 Å². The van der Waals surface area contributed by atoms with Gasteiger partial charge in [0.15, 0.2) is 0 Å². The minimum absolute atomic E-state index is 0.187. The first kappa shape index (κ1) is 17.0. The molecule has 0 aliphatic carbocycles. The number of hydrogen-bond acceptors (Lipinski definition) is 5. The van der Waals surface area contributed by atoms with Gasteiger partial charge >= 0.3 is 0 Å². The Morgan fingerprint density at radius 1 is 1.29 bits per heavy atom. The summed E-state index contributed by atoms with van der Waals surface area (Å²) in [4.78, 5) is 22.1. The Morgan fingerprint density at radius 3 is 2.62 bits per heavy atom. The maximum atomic E-state index is 12.1. The number of nitriles is 1. The Labute approximate surface area is 141 Å². The highest BCUT2D eigenvalue weighted by Crippen LogP contribution is 2.25. The summed E-state index contributed by atoms with van der Waals surface area (Å²) in [7, 11) is 0. The van der Waals surface area contributed by atoms with E-state index in [-0.39, 0.29) is 11.1 Å². The number of nitro benzene ring substituents is 1. The number of amides is 1. The molecule has 2 rings (SSSR count). The lowest BCUT2D eigenvalue weighted by atomic mass is 10.1. The molecule has 2 aromatic rings. The number of nitro groups is 1. The van der Waals surface area contributed by atoms with Crippen molar-refractivity contribution < 1.29 is 14.8 Å². The molecular weight excluding hydrogens is 334 g/mol. The highest BCUT2D eigenvalue weighted by molar-refractivity contribution is 6.34. The van der Waals surface area contributed by atoms with Gasteiger partial charge in [0, 0.05) is 6.07 Å². The number of rotatable bonds is 4. The van der Waals surface area contributed by atoms with E-state index in [0.29, 0.717) is 10.7 Å². The fraction of sp³-hybridized carbons (Fsp3) is 0. The molecule has 1 amide bonds. The van der Waals surface area contributed by atoms with Crippen molar-refractivity contribution in [2.24, 2.45) is 0 Å². The van der Waals surface area contributed by atoms with Crippen molar-refractivity contribution in [3.63, 3.8) is 0 Å². The number of benzene rings is 2. The Balaban J connectivity index is 2.31. The summed E-state index contributed by atoms with van der Waals surface area (Å²) in [6.45, 7) is 0. The molecule has 0 aromatic heterocycles. The van der Waals surface area contributed by atoms with E-state index in [1.54, 1.807) is 30.3 Å². The van der Waals surface area contributed by atoms with Gasteiger partial charge in [0.25, 0.3) is 11.6 Å². The maximum absolute atomic E-state index is 12.1. The molecule has 0 saturated heterocycles. The van der Waals surface area contributed by atoms with E-state index in [2.05, 4.69) is 5.32 Å². The lowest BCUT2D eigenvalue weighted by molar-refractivity contribution is -0.398. The average molecular weight is 343 g/mol. The van der Waals surface area contributed by atoms with Gasteiger partial charge in [0.1, 0.15) is 11.6 Å². The molecule has 0 fully saturated rings. The van der Waals surface area contributed by atoms with Crippen molar-refractivity contribution in [1.82, 2.24) is 0 Å². The second kappa shape index (κ2) is 7.26. The van der Waals surface area contributed by atoms with E-state index < -0.39 is 22.3 Å². The SMILES string of the molecule is N#C/C(=C\c1ccc([O-])c([N+](=O)[O-])c1)C(=O)Nc1ccccc1Cl. The molecular formula is C16H9ClN3O4-. The summed E-state index contributed by atoms with van der Waals surface area (Å²) in [5.74, 6) is -1.48. The van der Waals surface area contributed by atoms with Gasteiger partial charge in [-0.3, -0.25) is 14.9 Å². The van der Waals surface area contributed by atoms with Gasteiger partial charge < -0.3 is 10.4 Å². The molecule has 0 bridgehead atoms. The van der Waals surface area contributed by atoms with Crippen LogP contribution in [0.3, 0.4) is 0 Å². The number of anilines is 1. The Kier molecular flexibility index (Phi) is 5.14. The Morgan fingerprint density at radius 2 is 2.00 bits per heavy atom. The van der Waals surface area contributed by atoms with Crippen molar-refractivity contribution in [1.29, 1.82) is 5.26 Å². The van der Waals surface area contributed by atoms with Crippen LogP contribution >= 0.6 is 11.6 Å². The van der Waals surface area contributed by atoms with Crippen LogP contribution in [0.5, 0.6) is 5.75 Å². The summed E-state index contributed by atoms with van der Waals surface area (Å²) in [5.41, 5.74) is -0.409. The zero-order valence-electron chi connectivity index (χ0n) is 12.0. The number of halogens is 1. The monoisotopic (exact) mass is 342 g/mol. The molecule has 2 aromatic carbocycles. The summed E-state index contributed by atoms with van der Waals surface area (Å²) >= 11 is 5.92. The number of nitrogens with zero attached hydrogens (tertiary/aromatic N) is 2. The first-order valence-corrected chi connectivity index (χ1v) is 6.93. The van der Waals surface area contributed by atoms with Gasteiger partial charge in [-0.2, -0.15) is 5.26 Å². The predicted molar refractivity (Wildman–Crippen MR) is 86.2 cm³/mol. The molecule has 120 valence electrons. The van der Waals surface area contributed by atoms with Gasteiger partial charge in [0.2, 0.25) is 0 Å². The molecule has 0 saturated carbocycles. The molecule has 24 heavy (non-hydrogen) atoms. The van der Waals surface area contributed by atoms with Crippen LogP contribution in [-0.2, 0) is 4.79 Å². The largest absolute Gasteiger partial charge is 0.868 e. The van der Waals surface area contributed by atoms with E-state index in [1.165, 1.54) is 6.07 Å². The molecule has 8 heteroatoms. The van der Waals surface area contributed by atoms with Crippen molar-refractivity contribution in [2.45, 2.75) is 0 Å². The van der Waals surface area contributed by atoms with Crippen LogP contribution in [0, 0.1) is 21.4 Å². The minimum Gasteiger partial charge on any atom is -0.868 e. The molecule has 0 aliphatic rings. The van der Waals surface area contributed by atoms with Gasteiger partial charge in [0.05, 0.1) is 15.6 Å². The third kappa shape index (κ3) is 3.88. The zero-order valence-corrected chi connectivity index (χ0v) is 12.8. The quantitative estimate of drug-likeness (QED) is 0.396. The smallest absolute Gasteiger partial charge is 0.266 e. The number of hydrogen-bond donors (Lipinski definition) is 1. The molecule has 0 radical (unpaired) electrons. The molecule has 0 aliphatic heterocycles. The lowest BCUT2D eigenvalue weighted by Gasteiger charge is -2.08. The molecule has 0 atom stereocenters. The highest BCUT2D eigenvalue weighted by Gasteiger charge is 2.13. The van der Waals surface area contributed by atoms with E-state index >= 15 is 0 Å². The standard InChI is InChI=1S/C16H10ClN3O4/c17-12-3-1-2-4-13(12)19-16(22)11(9-18)7-10-5-6-15(21)14(8-10)20(23)24/h1-8,21H,(H,19,22)/p-1/b11-7+. The zero-order chi connectivity index (χ0) is 17.7. The van der Waals surface area contributed by atoms with Crippen LogP contribution in [0.25, 0.3) is 6.08 Å². The van der Waals surface area contributed by atoms with Crippen molar-refractivity contribution in [3.8, 4) is 11.8 Å². The maximum Gasteiger partial charge on any atom is 0.266 e. The molecule has 0 unspecified atom stereocenters. The fourth-order valence-electron chi connectivity index (χ4n) is 1.83.